The van der Waals surface area contributed by atoms with Gasteiger partial charge in [0.15, 0.2) is 17.8 Å². The summed E-state index contributed by atoms with van der Waals surface area (Å²) in [6, 6.07) is 1.46. The number of hydrogen-bond donors (Lipinski definition) is 1. The van der Waals surface area contributed by atoms with Gasteiger partial charge in [0.25, 0.3) is 0 Å². The quantitative estimate of drug-likeness (QED) is 0.780. The van der Waals surface area contributed by atoms with Gasteiger partial charge in [-0.2, -0.15) is 0 Å². The molecule has 1 aliphatic heterocycles. The molecule has 0 aromatic heterocycles. The van der Waals surface area contributed by atoms with Gasteiger partial charge in [0.05, 0.1) is 5.56 Å². The van der Waals surface area contributed by atoms with E-state index < -0.39 is 0 Å². The molecule has 1 aromatic rings. The molecule has 1 N–H and O–H groups in total. The third-order valence-corrected chi connectivity index (χ3v) is 2.64. The molecule has 0 unspecified atom stereocenters. The fraction of sp³-hybridized carbons (Fsp3) is 0.222. The molecular formula is C9H7BrO4. The minimum atomic E-state index is -0.121. The van der Waals surface area contributed by atoms with Crippen molar-refractivity contribution >= 4 is 22.2 Å². The van der Waals surface area contributed by atoms with Gasteiger partial charge in [-0.15, -0.1) is 0 Å². The smallest absolute Gasteiger partial charge is 0.179 e. The third-order valence-electron chi connectivity index (χ3n) is 1.91. The van der Waals surface area contributed by atoms with E-state index in [1.54, 1.807) is 0 Å². The molecule has 0 atom stereocenters. The predicted molar refractivity (Wildman–Crippen MR) is 52.2 cm³/mol. The van der Waals surface area contributed by atoms with E-state index in [-0.39, 0.29) is 11.3 Å². The number of phenolic OH excluding ortho intramolecular Hbond substituents is 1. The van der Waals surface area contributed by atoms with Crippen LogP contribution in [0.4, 0.5) is 0 Å². The van der Waals surface area contributed by atoms with Gasteiger partial charge >= 0.3 is 0 Å². The highest BCUT2D eigenvalue weighted by atomic mass is 79.9. The largest absolute Gasteiger partial charge is 0.506 e. The van der Waals surface area contributed by atoms with E-state index in [1.165, 1.54) is 6.07 Å². The predicted octanol–water partition coefficient (Wildman–Crippen LogP) is 1.74. The van der Waals surface area contributed by atoms with Crippen LogP contribution >= 0.6 is 15.9 Å². The zero-order chi connectivity index (χ0) is 10.1. The number of aromatic hydroxyl groups is 1. The molecular weight excluding hydrogens is 252 g/mol. The van der Waals surface area contributed by atoms with Crippen LogP contribution in [0.25, 0.3) is 0 Å². The van der Waals surface area contributed by atoms with Gasteiger partial charge < -0.3 is 14.6 Å². The number of fused-ring (bicyclic) bond motifs is 1. The second-order valence-electron chi connectivity index (χ2n) is 2.77. The van der Waals surface area contributed by atoms with Crippen molar-refractivity contribution in [3.05, 3.63) is 16.1 Å². The number of hydrogen-bond acceptors (Lipinski definition) is 4. The van der Waals surface area contributed by atoms with Gasteiger partial charge in [-0.25, -0.2) is 0 Å². The molecule has 1 aromatic carbocycles. The van der Waals surface area contributed by atoms with Crippen molar-refractivity contribution < 1.29 is 19.4 Å². The first kappa shape index (κ1) is 9.33. The average molecular weight is 259 g/mol. The van der Waals surface area contributed by atoms with Crippen LogP contribution in [0.2, 0.25) is 0 Å². The first-order chi connectivity index (χ1) is 6.74. The monoisotopic (exact) mass is 258 g/mol. The molecule has 0 saturated heterocycles. The first-order valence-corrected chi connectivity index (χ1v) is 4.79. The van der Waals surface area contributed by atoms with Crippen LogP contribution in [0.15, 0.2) is 10.5 Å². The summed E-state index contributed by atoms with van der Waals surface area (Å²) in [4.78, 5) is 10.6. The molecule has 0 amide bonds. The lowest BCUT2D eigenvalue weighted by atomic mass is 10.2. The van der Waals surface area contributed by atoms with E-state index in [4.69, 9.17) is 9.47 Å². The number of carbonyl (C=O) groups is 1. The molecule has 0 fully saturated rings. The number of benzene rings is 1. The van der Waals surface area contributed by atoms with E-state index in [0.717, 1.165) is 0 Å². The molecule has 0 radical (unpaired) electrons. The molecule has 5 heteroatoms. The van der Waals surface area contributed by atoms with E-state index in [9.17, 15) is 9.90 Å². The Morgan fingerprint density at radius 1 is 1.43 bits per heavy atom. The zero-order valence-electron chi connectivity index (χ0n) is 7.12. The maximum atomic E-state index is 10.6. The fourth-order valence-electron chi connectivity index (χ4n) is 1.24. The molecule has 0 bridgehead atoms. The zero-order valence-corrected chi connectivity index (χ0v) is 8.70. The van der Waals surface area contributed by atoms with Crippen molar-refractivity contribution in [3.63, 3.8) is 0 Å². The Balaban J connectivity index is 2.62. The minimum absolute atomic E-state index is 0.121. The molecule has 1 aliphatic rings. The van der Waals surface area contributed by atoms with Crippen LogP contribution in [0, 0.1) is 0 Å². The van der Waals surface area contributed by atoms with Gasteiger partial charge in [-0.1, -0.05) is 0 Å². The summed E-state index contributed by atoms with van der Waals surface area (Å²) < 4.78 is 10.9. The minimum Gasteiger partial charge on any atom is -0.506 e. The summed E-state index contributed by atoms with van der Waals surface area (Å²) in [6.45, 7) is 0.883. The fourth-order valence-corrected chi connectivity index (χ4v) is 1.78. The van der Waals surface area contributed by atoms with Gasteiger partial charge in [0.2, 0.25) is 0 Å². The Hall–Kier alpha value is -1.23. The average Bonchev–Trinajstić information content (AvgIpc) is 2.23. The van der Waals surface area contributed by atoms with Crippen molar-refractivity contribution in [1.29, 1.82) is 0 Å². The molecule has 0 spiro atoms. The molecule has 2 rings (SSSR count). The van der Waals surface area contributed by atoms with Crippen molar-refractivity contribution in [2.24, 2.45) is 0 Å². The van der Waals surface area contributed by atoms with Crippen LogP contribution in [-0.4, -0.2) is 24.6 Å². The van der Waals surface area contributed by atoms with Gasteiger partial charge in [-0.3, -0.25) is 4.79 Å². The van der Waals surface area contributed by atoms with Crippen LogP contribution < -0.4 is 9.47 Å². The van der Waals surface area contributed by atoms with Crippen molar-refractivity contribution in [2.75, 3.05) is 13.2 Å². The molecule has 4 nitrogen and oxygen atoms in total. The molecule has 74 valence electrons. The maximum absolute atomic E-state index is 10.6. The molecule has 0 aliphatic carbocycles. The van der Waals surface area contributed by atoms with E-state index in [1.807, 2.05) is 0 Å². The Kier molecular flexibility index (Phi) is 2.33. The van der Waals surface area contributed by atoms with E-state index in [0.29, 0.717) is 35.5 Å². The number of phenols is 1. The van der Waals surface area contributed by atoms with Gasteiger partial charge in [0, 0.05) is 0 Å². The molecule has 0 saturated carbocycles. The summed E-state index contributed by atoms with van der Waals surface area (Å²) in [5.41, 5.74) is 0.182. The second-order valence-corrected chi connectivity index (χ2v) is 3.56. The highest BCUT2D eigenvalue weighted by Crippen LogP contribution is 2.44. The molecule has 14 heavy (non-hydrogen) atoms. The van der Waals surface area contributed by atoms with Crippen LogP contribution in [-0.2, 0) is 0 Å². The first-order valence-electron chi connectivity index (χ1n) is 4.00. The van der Waals surface area contributed by atoms with Gasteiger partial charge in [0.1, 0.15) is 23.4 Å². The number of ether oxygens (including phenoxy) is 2. The summed E-state index contributed by atoms with van der Waals surface area (Å²) >= 11 is 3.14. The normalized spacial score (nSPS) is 13.8. The summed E-state index contributed by atoms with van der Waals surface area (Å²) in [5, 5.41) is 9.54. The van der Waals surface area contributed by atoms with Crippen molar-refractivity contribution in [1.82, 2.24) is 0 Å². The van der Waals surface area contributed by atoms with Crippen LogP contribution in [0.1, 0.15) is 10.4 Å². The number of carbonyl (C=O) groups excluding carboxylic acids is 1. The Morgan fingerprint density at radius 2 is 2.14 bits per heavy atom. The third kappa shape index (κ3) is 1.33. The Morgan fingerprint density at radius 3 is 2.86 bits per heavy atom. The summed E-state index contributed by atoms with van der Waals surface area (Å²) in [6.07, 6.45) is 0.568. The summed E-state index contributed by atoms with van der Waals surface area (Å²) in [5.74, 6) is 0.798. The lowest BCUT2D eigenvalue weighted by Gasteiger charge is -2.20. The summed E-state index contributed by atoms with van der Waals surface area (Å²) in [7, 11) is 0. The van der Waals surface area contributed by atoms with Crippen LogP contribution in [0.3, 0.4) is 0 Å². The Bertz CT molecular complexity index is 389. The van der Waals surface area contributed by atoms with Crippen LogP contribution in [0.5, 0.6) is 17.2 Å². The number of halogens is 1. The lowest BCUT2D eigenvalue weighted by Crippen LogP contribution is -2.16. The highest BCUT2D eigenvalue weighted by Gasteiger charge is 2.20. The SMILES string of the molecule is O=Cc1cc2c(c(Br)c1O)OCCO2. The molecule has 1 heterocycles. The Labute approximate surface area is 88.6 Å². The topological polar surface area (TPSA) is 55.8 Å². The number of rotatable bonds is 1. The second kappa shape index (κ2) is 3.49. The van der Waals surface area contributed by atoms with Crippen molar-refractivity contribution in [2.45, 2.75) is 0 Å². The van der Waals surface area contributed by atoms with Gasteiger partial charge in [-0.05, 0) is 22.0 Å². The van der Waals surface area contributed by atoms with Crippen molar-refractivity contribution in [3.8, 4) is 17.2 Å². The standard InChI is InChI=1S/C9H7BrO4/c10-7-8(12)5(4-11)3-6-9(7)14-2-1-13-6/h3-4,12H,1-2H2. The van der Waals surface area contributed by atoms with E-state index >= 15 is 0 Å². The number of aldehydes is 1. The lowest BCUT2D eigenvalue weighted by molar-refractivity contribution is 0.111. The highest BCUT2D eigenvalue weighted by molar-refractivity contribution is 9.10. The van der Waals surface area contributed by atoms with E-state index in [2.05, 4.69) is 15.9 Å². The maximum Gasteiger partial charge on any atom is 0.179 e.